The second-order valence-corrected chi connectivity index (χ2v) is 4.68. The van der Waals surface area contributed by atoms with E-state index in [1.807, 2.05) is 24.3 Å². The van der Waals surface area contributed by atoms with Crippen LogP contribution in [0.15, 0.2) is 42.6 Å². The number of rotatable bonds is 4. The smallest absolute Gasteiger partial charge is 0.143 e. The minimum Gasteiger partial charge on any atom is -0.495 e. The first-order chi connectivity index (χ1) is 9.09. The van der Waals surface area contributed by atoms with Gasteiger partial charge >= 0.3 is 0 Å². The zero-order chi connectivity index (χ0) is 13.9. The van der Waals surface area contributed by atoms with Crippen LogP contribution in [0.5, 0.6) is 5.75 Å². The van der Waals surface area contributed by atoms with E-state index in [1.165, 1.54) is 5.56 Å². The van der Waals surface area contributed by atoms with E-state index in [-0.39, 0.29) is 0 Å². The van der Waals surface area contributed by atoms with Gasteiger partial charge in [-0.05, 0) is 36.6 Å². The maximum atomic E-state index is 10.8. The number of hydrogen-bond donors (Lipinski definition) is 1. The minimum absolute atomic E-state index is 0.529. The van der Waals surface area contributed by atoms with E-state index >= 15 is 0 Å². The van der Waals surface area contributed by atoms with Crippen molar-refractivity contribution in [1.82, 2.24) is 4.98 Å². The summed E-state index contributed by atoms with van der Waals surface area (Å²) in [4.78, 5) is 4.27. The van der Waals surface area contributed by atoms with Gasteiger partial charge in [0, 0.05) is 6.20 Å². The van der Waals surface area contributed by atoms with Crippen molar-refractivity contribution in [3.8, 4) is 5.75 Å². The topological polar surface area (TPSA) is 42.4 Å². The SMILES string of the molecule is CCc1ccc(C(C)(O)c2ncccc2OC)cc1. The standard InChI is InChI=1S/C16H19NO2/c1-4-12-7-9-13(10-8-12)16(2,18)15-14(19-3)6-5-11-17-15/h5-11,18H,4H2,1-3H3. The molecule has 1 aromatic heterocycles. The summed E-state index contributed by atoms with van der Waals surface area (Å²) < 4.78 is 5.28. The average Bonchev–Trinajstić information content (AvgIpc) is 2.47. The number of hydrogen-bond acceptors (Lipinski definition) is 3. The van der Waals surface area contributed by atoms with Crippen LogP contribution in [0.1, 0.15) is 30.7 Å². The van der Waals surface area contributed by atoms with Gasteiger partial charge in [-0.1, -0.05) is 31.2 Å². The number of methoxy groups -OCH3 is 1. The molecule has 1 heterocycles. The van der Waals surface area contributed by atoms with Crippen LogP contribution in [0.3, 0.4) is 0 Å². The molecule has 0 radical (unpaired) electrons. The van der Waals surface area contributed by atoms with E-state index < -0.39 is 5.60 Å². The molecule has 0 aliphatic carbocycles. The van der Waals surface area contributed by atoms with Crippen molar-refractivity contribution in [3.63, 3.8) is 0 Å². The molecule has 0 aliphatic rings. The molecule has 0 amide bonds. The molecule has 2 rings (SSSR count). The second-order valence-electron chi connectivity index (χ2n) is 4.68. The highest BCUT2D eigenvalue weighted by Gasteiger charge is 2.30. The van der Waals surface area contributed by atoms with Gasteiger partial charge in [-0.25, -0.2) is 0 Å². The zero-order valence-corrected chi connectivity index (χ0v) is 11.6. The van der Waals surface area contributed by atoms with Crippen LogP contribution in [0.2, 0.25) is 0 Å². The molecule has 0 aliphatic heterocycles. The lowest BCUT2D eigenvalue weighted by Gasteiger charge is -2.25. The van der Waals surface area contributed by atoms with Gasteiger partial charge in [0.05, 0.1) is 7.11 Å². The normalized spacial score (nSPS) is 13.9. The van der Waals surface area contributed by atoms with E-state index in [9.17, 15) is 5.11 Å². The van der Waals surface area contributed by atoms with Gasteiger partial charge < -0.3 is 9.84 Å². The number of benzene rings is 1. The van der Waals surface area contributed by atoms with E-state index in [2.05, 4.69) is 11.9 Å². The van der Waals surface area contributed by atoms with Crippen LogP contribution in [-0.2, 0) is 12.0 Å². The third-order valence-electron chi connectivity index (χ3n) is 3.38. The maximum absolute atomic E-state index is 10.8. The first-order valence-corrected chi connectivity index (χ1v) is 6.41. The predicted molar refractivity (Wildman–Crippen MR) is 75.3 cm³/mol. The average molecular weight is 257 g/mol. The van der Waals surface area contributed by atoms with Crippen molar-refractivity contribution in [2.24, 2.45) is 0 Å². The highest BCUT2D eigenvalue weighted by Crippen LogP contribution is 2.33. The molecule has 1 unspecified atom stereocenters. The van der Waals surface area contributed by atoms with Crippen molar-refractivity contribution in [1.29, 1.82) is 0 Å². The Hall–Kier alpha value is -1.87. The lowest BCUT2D eigenvalue weighted by Crippen LogP contribution is -2.25. The van der Waals surface area contributed by atoms with Crippen LogP contribution >= 0.6 is 0 Å². The van der Waals surface area contributed by atoms with Crippen LogP contribution < -0.4 is 4.74 Å². The first-order valence-electron chi connectivity index (χ1n) is 6.41. The first kappa shape index (κ1) is 13.6. The highest BCUT2D eigenvalue weighted by molar-refractivity contribution is 5.40. The number of ether oxygens (including phenoxy) is 1. The summed E-state index contributed by atoms with van der Waals surface area (Å²) in [6, 6.07) is 11.5. The van der Waals surface area contributed by atoms with E-state index in [0.29, 0.717) is 11.4 Å². The second kappa shape index (κ2) is 5.41. The highest BCUT2D eigenvalue weighted by atomic mass is 16.5. The molecule has 0 bridgehead atoms. The van der Waals surface area contributed by atoms with Gasteiger partial charge in [0.15, 0.2) is 0 Å². The fourth-order valence-electron chi connectivity index (χ4n) is 2.12. The summed E-state index contributed by atoms with van der Waals surface area (Å²) in [6.45, 7) is 3.84. The predicted octanol–water partition coefficient (Wildman–Crippen LogP) is 2.91. The summed E-state index contributed by atoms with van der Waals surface area (Å²) in [7, 11) is 1.58. The fourth-order valence-corrected chi connectivity index (χ4v) is 2.12. The molecule has 19 heavy (non-hydrogen) atoms. The molecule has 1 aromatic carbocycles. The largest absolute Gasteiger partial charge is 0.495 e. The van der Waals surface area contributed by atoms with Crippen LogP contribution in [0.4, 0.5) is 0 Å². The van der Waals surface area contributed by atoms with Crippen molar-refractivity contribution in [2.75, 3.05) is 7.11 Å². The Morgan fingerprint density at radius 2 is 1.89 bits per heavy atom. The third kappa shape index (κ3) is 2.61. The van der Waals surface area contributed by atoms with Gasteiger partial charge in [0.25, 0.3) is 0 Å². The Morgan fingerprint density at radius 3 is 2.47 bits per heavy atom. The van der Waals surface area contributed by atoms with Gasteiger partial charge in [0.1, 0.15) is 17.0 Å². The Morgan fingerprint density at radius 1 is 1.21 bits per heavy atom. The lowest BCUT2D eigenvalue weighted by atomic mass is 9.90. The molecule has 2 aromatic rings. The molecule has 100 valence electrons. The van der Waals surface area contributed by atoms with Gasteiger partial charge in [-0.2, -0.15) is 0 Å². The minimum atomic E-state index is -1.17. The van der Waals surface area contributed by atoms with E-state index in [1.54, 1.807) is 32.4 Å². The van der Waals surface area contributed by atoms with E-state index in [0.717, 1.165) is 12.0 Å². The molecule has 0 spiro atoms. The Kier molecular flexibility index (Phi) is 3.86. The molecule has 3 nitrogen and oxygen atoms in total. The molecular weight excluding hydrogens is 238 g/mol. The molecule has 1 atom stereocenters. The Balaban J connectivity index is 2.45. The fraction of sp³-hybridized carbons (Fsp3) is 0.312. The summed E-state index contributed by atoms with van der Waals surface area (Å²) in [5.74, 6) is 0.590. The van der Waals surface area contributed by atoms with Crippen molar-refractivity contribution in [2.45, 2.75) is 25.9 Å². The Bertz CT molecular complexity index is 547. The molecule has 0 saturated carbocycles. The monoisotopic (exact) mass is 257 g/mol. The molecule has 0 fully saturated rings. The van der Waals surface area contributed by atoms with Crippen LogP contribution in [0.25, 0.3) is 0 Å². The van der Waals surface area contributed by atoms with E-state index in [4.69, 9.17) is 4.74 Å². The molecular formula is C16H19NO2. The number of aliphatic hydroxyl groups is 1. The molecule has 1 N–H and O–H groups in total. The maximum Gasteiger partial charge on any atom is 0.143 e. The van der Waals surface area contributed by atoms with Gasteiger partial charge in [-0.15, -0.1) is 0 Å². The zero-order valence-electron chi connectivity index (χ0n) is 11.6. The Labute approximate surface area is 113 Å². The summed E-state index contributed by atoms with van der Waals surface area (Å²) in [5.41, 5.74) is 1.41. The molecule has 0 saturated heterocycles. The molecule has 3 heteroatoms. The third-order valence-corrected chi connectivity index (χ3v) is 3.38. The van der Waals surface area contributed by atoms with Crippen LogP contribution in [0, 0.1) is 0 Å². The van der Waals surface area contributed by atoms with Crippen LogP contribution in [-0.4, -0.2) is 17.2 Å². The summed E-state index contributed by atoms with van der Waals surface area (Å²) in [5, 5.41) is 10.8. The number of aromatic nitrogens is 1. The lowest BCUT2D eigenvalue weighted by molar-refractivity contribution is 0.0939. The van der Waals surface area contributed by atoms with Crippen molar-refractivity contribution < 1.29 is 9.84 Å². The number of nitrogens with zero attached hydrogens (tertiary/aromatic N) is 1. The quantitative estimate of drug-likeness (QED) is 0.915. The van der Waals surface area contributed by atoms with Gasteiger partial charge in [-0.3, -0.25) is 4.98 Å². The number of pyridine rings is 1. The number of aryl methyl sites for hydroxylation is 1. The van der Waals surface area contributed by atoms with Crippen molar-refractivity contribution in [3.05, 3.63) is 59.4 Å². The van der Waals surface area contributed by atoms with Crippen molar-refractivity contribution >= 4 is 0 Å². The summed E-state index contributed by atoms with van der Waals surface area (Å²) >= 11 is 0. The summed E-state index contributed by atoms with van der Waals surface area (Å²) in [6.07, 6.45) is 2.64. The van der Waals surface area contributed by atoms with Gasteiger partial charge in [0.2, 0.25) is 0 Å².